The lowest BCUT2D eigenvalue weighted by Gasteiger charge is -2.32. The molecule has 1 amide bonds. The van der Waals surface area contributed by atoms with Gasteiger partial charge in [-0.05, 0) is 18.9 Å². The van der Waals surface area contributed by atoms with Gasteiger partial charge in [-0.25, -0.2) is 0 Å². The number of carbonyl (C=O) groups is 1. The van der Waals surface area contributed by atoms with Gasteiger partial charge in [-0.15, -0.1) is 10.2 Å². The Balaban J connectivity index is 2.17. The quantitative estimate of drug-likeness (QED) is 0.836. The molecule has 0 aromatic carbocycles. The molecule has 2 heterocycles. The van der Waals surface area contributed by atoms with Crippen LogP contribution < -0.4 is 0 Å². The Morgan fingerprint density at radius 1 is 1.50 bits per heavy atom. The Labute approximate surface area is 115 Å². The predicted molar refractivity (Wildman–Crippen MR) is 68.0 cm³/mol. The number of piperidine rings is 1. The van der Waals surface area contributed by atoms with E-state index in [9.17, 15) is 4.79 Å². The molecular formula is C11H13Cl2N3O2. The zero-order valence-corrected chi connectivity index (χ0v) is 11.4. The van der Waals surface area contributed by atoms with E-state index in [1.165, 1.54) is 6.07 Å². The molecule has 0 aliphatic carbocycles. The highest BCUT2D eigenvalue weighted by Crippen LogP contribution is 2.20. The van der Waals surface area contributed by atoms with Crippen LogP contribution in [0, 0.1) is 0 Å². The average Bonchev–Trinajstić information content (AvgIpc) is 2.41. The van der Waals surface area contributed by atoms with Gasteiger partial charge in [-0.2, -0.15) is 0 Å². The van der Waals surface area contributed by atoms with Gasteiger partial charge in [0, 0.05) is 20.2 Å². The SMILES string of the molecule is COC1CCCN(C(=O)c2cc(Cl)nnc2Cl)C1. The number of nitrogens with zero attached hydrogens (tertiary/aromatic N) is 3. The van der Waals surface area contributed by atoms with Crippen LogP contribution in [-0.2, 0) is 4.74 Å². The van der Waals surface area contributed by atoms with Crippen LogP contribution in [0.15, 0.2) is 6.07 Å². The molecule has 0 spiro atoms. The number of likely N-dealkylation sites (tertiary alicyclic amines) is 1. The lowest BCUT2D eigenvalue weighted by molar-refractivity contribution is 0.0268. The van der Waals surface area contributed by atoms with Gasteiger partial charge < -0.3 is 9.64 Å². The molecule has 1 fully saturated rings. The van der Waals surface area contributed by atoms with E-state index in [-0.39, 0.29) is 27.9 Å². The second-order valence-corrected chi connectivity index (χ2v) is 4.87. The van der Waals surface area contributed by atoms with Crippen molar-refractivity contribution >= 4 is 29.1 Å². The second kappa shape index (κ2) is 5.82. The fourth-order valence-electron chi connectivity index (χ4n) is 1.99. The van der Waals surface area contributed by atoms with Crippen LogP contribution in [0.25, 0.3) is 0 Å². The second-order valence-electron chi connectivity index (χ2n) is 4.12. The van der Waals surface area contributed by atoms with Crippen LogP contribution in [0.5, 0.6) is 0 Å². The van der Waals surface area contributed by atoms with Gasteiger partial charge >= 0.3 is 0 Å². The topological polar surface area (TPSA) is 55.3 Å². The Morgan fingerprint density at radius 3 is 3.00 bits per heavy atom. The number of amides is 1. The number of aromatic nitrogens is 2. The Kier molecular flexibility index (Phi) is 4.37. The zero-order chi connectivity index (χ0) is 13.1. The van der Waals surface area contributed by atoms with Crippen molar-refractivity contribution in [2.45, 2.75) is 18.9 Å². The summed E-state index contributed by atoms with van der Waals surface area (Å²) in [4.78, 5) is 14.0. The minimum Gasteiger partial charge on any atom is -0.380 e. The van der Waals surface area contributed by atoms with Crippen molar-refractivity contribution in [1.82, 2.24) is 15.1 Å². The summed E-state index contributed by atoms with van der Waals surface area (Å²) in [5, 5.41) is 7.45. The standard InChI is InChI=1S/C11H13Cl2N3O2/c1-18-7-3-2-4-16(6-7)11(17)8-5-9(12)14-15-10(8)13/h5,7H,2-4,6H2,1H3. The Morgan fingerprint density at radius 2 is 2.28 bits per heavy atom. The normalized spacial score (nSPS) is 19.9. The molecule has 1 aliphatic rings. The van der Waals surface area contributed by atoms with Crippen molar-refractivity contribution in [3.05, 3.63) is 21.9 Å². The van der Waals surface area contributed by atoms with Gasteiger partial charge in [0.05, 0.1) is 11.7 Å². The van der Waals surface area contributed by atoms with Gasteiger partial charge in [-0.3, -0.25) is 4.79 Å². The van der Waals surface area contributed by atoms with E-state index in [4.69, 9.17) is 27.9 Å². The van der Waals surface area contributed by atoms with Crippen molar-refractivity contribution in [3.63, 3.8) is 0 Å². The highest BCUT2D eigenvalue weighted by atomic mass is 35.5. The molecule has 7 heteroatoms. The fourth-order valence-corrected chi connectivity index (χ4v) is 2.31. The van der Waals surface area contributed by atoms with Crippen molar-refractivity contribution in [2.75, 3.05) is 20.2 Å². The molecule has 0 N–H and O–H groups in total. The third-order valence-corrected chi connectivity index (χ3v) is 3.41. The minimum absolute atomic E-state index is 0.0731. The summed E-state index contributed by atoms with van der Waals surface area (Å²) in [6.07, 6.45) is 1.95. The number of methoxy groups -OCH3 is 1. The van der Waals surface area contributed by atoms with E-state index in [1.807, 2.05) is 0 Å². The summed E-state index contributed by atoms with van der Waals surface area (Å²) in [6, 6.07) is 1.44. The summed E-state index contributed by atoms with van der Waals surface area (Å²) >= 11 is 11.6. The van der Waals surface area contributed by atoms with E-state index >= 15 is 0 Å². The third-order valence-electron chi connectivity index (χ3n) is 2.95. The largest absolute Gasteiger partial charge is 0.380 e. The molecule has 18 heavy (non-hydrogen) atoms. The number of rotatable bonds is 2. The first kappa shape index (κ1) is 13.5. The van der Waals surface area contributed by atoms with E-state index < -0.39 is 0 Å². The smallest absolute Gasteiger partial charge is 0.257 e. The molecule has 0 saturated carbocycles. The zero-order valence-electron chi connectivity index (χ0n) is 9.90. The summed E-state index contributed by atoms with van der Waals surface area (Å²) in [5.74, 6) is -0.182. The molecule has 5 nitrogen and oxygen atoms in total. The van der Waals surface area contributed by atoms with E-state index in [0.29, 0.717) is 13.1 Å². The molecule has 1 aromatic rings. The molecule has 1 aromatic heterocycles. The van der Waals surface area contributed by atoms with Crippen LogP contribution in [-0.4, -0.2) is 47.3 Å². The lowest BCUT2D eigenvalue weighted by atomic mass is 10.1. The first-order chi connectivity index (χ1) is 8.61. The predicted octanol–water partition coefficient (Wildman–Crippen LogP) is 2.03. The maximum absolute atomic E-state index is 12.3. The van der Waals surface area contributed by atoms with Gasteiger partial charge in [0.1, 0.15) is 0 Å². The molecule has 1 atom stereocenters. The molecular weight excluding hydrogens is 277 g/mol. The van der Waals surface area contributed by atoms with Gasteiger partial charge in [-0.1, -0.05) is 23.2 Å². The first-order valence-electron chi connectivity index (χ1n) is 5.62. The van der Waals surface area contributed by atoms with Crippen LogP contribution in [0.2, 0.25) is 10.3 Å². The third kappa shape index (κ3) is 2.91. The average molecular weight is 290 g/mol. The van der Waals surface area contributed by atoms with E-state index in [0.717, 1.165) is 12.8 Å². The molecule has 0 radical (unpaired) electrons. The molecule has 1 saturated heterocycles. The van der Waals surface area contributed by atoms with Crippen LogP contribution in [0.3, 0.4) is 0 Å². The molecule has 1 aliphatic heterocycles. The Bertz CT molecular complexity index is 456. The van der Waals surface area contributed by atoms with Crippen molar-refractivity contribution in [2.24, 2.45) is 0 Å². The summed E-state index contributed by atoms with van der Waals surface area (Å²) in [7, 11) is 1.65. The Hall–Kier alpha value is -0.910. The molecule has 1 unspecified atom stereocenters. The van der Waals surface area contributed by atoms with E-state index in [2.05, 4.69) is 10.2 Å². The van der Waals surface area contributed by atoms with E-state index in [1.54, 1.807) is 12.0 Å². The highest BCUT2D eigenvalue weighted by Gasteiger charge is 2.26. The van der Waals surface area contributed by atoms with Crippen molar-refractivity contribution < 1.29 is 9.53 Å². The maximum atomic E-state index is 12.3. The summed E-state index contributed by atoms with van der Waals surface area (Å²) in [6.45, 7) is 1.25. The lowest BCUT2D eigenvalue weighted by Crippen LogP contribution is -2.43. The number of carbonyl (C=O) groups excluding carboxylic acids is 1. The fraction of sp³-hybridized carbons (Fsp3) is 0.545. The van der Waals surface area contributed by atoms with Gasteiger partial charge in [0.15, 0.2) is 10.3 Å². The number of hydrogen-bond donors (Lipinski definition) is 0. The summed E-state index contributed by atoms with van der Waals surface area (Å²) in [5.41, 5.74) is 0.286. The summed E-state index contributed by atoms with van der Waals surface area (Å²) < 4.78 is 5.28. The van der Waals surface area contributed by atoms with Gasteiger partial charge in [0.25, 0.3) is 5.91 Å². The number of ether oxygens (including phenoxy) is 1. The number of halogens is 2. The maximum Gasteiger partial charge on any atom is 0.257 e. The monoisotopic (exact) mass is 289 g/mol. The molecule has 98 valence electrons. The highest BCUT2D eigenvalue weighted by molar-refractivity contribution is 6.34. The van der Waals surface area contributed by atoms with Crippen LogP contribution in [0.4, 0.5) is 0 Å². The minimum atomic E-state index is -0.182. The van der Waals surface area contributed by atoms with Crippen molar-refractivity contribution in [1.29, 1.82) is 0 Å². The van der Waals surface area contributed by atoms with Crippen molar-refractivity contribution in [3.8, 4) is 0 Å². The van der Waals surface area contributed by atoms with Crippen LogP contribution >= 0.6 is 23.2 Å². The van der Waals surface area contributed by atoms with Gasteiger partial charge in [0.2, 0.25) is 0 Å². The number of hydrogen-bond acceptors (Lipinski definition) is 4. The van der Waals surface area contributed by atoms with Crippen LogP contribution in [0.1, 0.15) is 23.2 Å². The first-order valence-corrected chi connectivity index (χ1v) is 6.38. The molecule has 2 rings (SSSR count). The molecule has 0 bridgehead atoms.